The normalized spacial score (nSPS) is 16.0. The first-order chi connectivity index (χ1) is 11.5. The number of alkyl halides is 3. The first-order valence-electron chi connectivity index (χ1n) is 7.49. The van der Waals surface area contributed by atoms with Crippen molar-refractivity contribution in [2.24, 2.45) is 0 Å². The van der Waals surface area contributed by atoms with Crippen LogP contribution in [0.4, 0.5) is 19.0 Å². The standard InChI is InChI=1S/C15H14F3N5O/c16-15(17,18)24-10-1-2-11-12(9-10)23-8-5-20-13(23)14(21-11)22-6-3-19-4-7-22/h1-2,5,8-9,19H,3-4,6-7H2. The molecule has 1 aliphatic heterocycles. The van der Waals surface area contributed by atoms with Crippen LogP contribution in [0, 0.1) is 0 Å². The van der Waals surface area contributed by atoms with Crippen LogP contribution in [0.3, 0.4) is 0 Å². The summed E-state index contributed by atoms with van der Waals surface area (Å²) in [5.41, 5.74) is 1.72. The molecular weight excluding hydrogens is 323 g/mol. The minimum Gasteiger partial charge on any atom is -0.406 e. The summed E-state index contributed by atoms with van der Waals surface area (Å²) in [4.78, 5) is 11.1. The second kappa shape index (κ2) is 5.52. The van der Waals surface area contributed by atoms with Crippen LogP contribution >= 0.6 is 0 Å². The Bertz CT molecular complexity index is 886. The number of anilines is 1. The number of nitrogens with one attached hydrogen (secondary N) is 1. The lowest BCUT2D eigenvalue weighted by molar-refractivity contribution is -0.274. The van der Waals surface area contributed by atoms with E-state index in [0.29, 0.717) is 16.7 Å². The minimum absolute atomic E-state index is 0.276. The summed E-state index contributed by atoms with van der Waals surface area (Å²) in [6, 6.07) is 4.13. The highest BCUT2D eigenvalue weighted by atomic mass is 19.4. The summed E-state index contributed by atoms with van der Waals surface area (Å²) < 4.78 is 43.0. The molecule has 0 radical (unpaired) electrons. The van der Waals surface area contributed by atoms with Gasteiger partial charge in [0.1, 0.15) is 5.75 Å². The molecule has 1 aliphatic rings. The number of fused-ring (bicyclic) bond motifs is 3. The lowest BCUT2D eigenvalue weighted by Gasteiger charge is -2.28. The lowest BCUT2D eigenvalue weighted by Crippen LogP contribution is -2.44. The number of hydrogen-bond acceptors (Lipinski definition) is 5. The van der Waals surface area contributed by atoms with E-state index in [9.17, 15) is 13.2 Å². The lowest BCUT2D eigenvalue weighted by atomic mass is 10.2. The molecule has 126 valence electrons. The number of rotatable bonds is 2. The zero-order valence-corrected chi connectivity index (χ0v) is 12.5. The van der Waals surface area contributed by atoms with E-state index in [1.54, 1.807) is 16.8 Å². The number of imidazole rings is 1. The van der Waals surface area contributed by atoms with Crippen LogP contribution in [-0.4, -0.2) is 46.9 Å². The Morgan fingerprint density at radius 3 is 2.71 bits per heavy atom. The van der Waals surface area contributed by atoms with Crippen LogP contribution in [0.2, 0.25) is 0 Å². The average Bonchev–Trinajstić information content (AvgIpc) is 3.03. The predicted octanol–water partition coefficient (Wildman–Crippen LogP) is 2.19. The fourth-order valence-corrected chi connectivity index (χ4v) is 2.90. The predicted molar refractivity (Wildman–Crippen MR) is 82.3 cm³/mol. The first kappa shape index (κ1) is 15.0. The van der Waals surface area contributed by atoms with E-state index in [1.807, 2.05) is 0 Å². The van der Waals surface area contributed by atoms with E-state index in [2.05, 4.69) is 24.9 Å². The number of benzene rings is 1. The molecule has 0 amide bonds. The van der Waals surface area contributed by atoms with Crippen LogP contribution in [0.25, 0.3) is 16.7 Å². The molecule has 0 saturated carbocycles. The Hall–Kier alpha value is -2.55. The Morgan fingerprint density at radius 2 is 1.96 bits per heavy atom. The SMILES string of the molecule is FC(F)(F)Oc1ccc2nc(N3CCNCC3)c3nccn3c2c1. The highest BCUT2D eigenvalue weighted by molar-refractivity contribution is 5.84. The fraction of sp³-hybridized carbons (Fsp3) is 0.333. The molecule has 0 atom stereocenters. The minimum atomic E-state index is -4.73. The number of hydrogen-bond donors (Lipinski definition) is 1. The molecule has 0 spiro atoms. The van der Waals surface area contributed by atoms with Crippen molar-refractivity contribution in [1.29, 1.82) is 0 Å². The number of ether oxygens (including phenoxy) is 1. The van der Waals surface area contributed by atoms with Crippen molar-refractivity contribution in [2.45, 2.75) is 6.36 Å². The number of halogens is 3. The van der Waals surface area contributed by atoms with Gasteiger partial charge in [0.2, 0.25) is 0 Å². The average molecular weight is 337 g/mol. The molecular formula is C15H14F3N5O. The topological polar surface area (TPSA) is 54.7 Å². The molecule has 0 aliphatic carbocycles. The van der Waals surface area contributed by atoms with E-state index >= 15 is 0 Å². The molecule has 9 heteroatoms. The molecule has 0 bridgehead atoms. The molecule has 4 rings (SSSR count). The molecule has 3 heterocycles. The van der Waals surface area contributed by atoms with E-state index in [4.69, 9.17) is 0 Å². The fourth-order valence-electron chi connectivity index (χ4n) is 2.90. The smallest absolute Gasteiger partial charge is 0.406 e. The van der Waals surface area contributed by atoms with Crippen molar-refractivity contribution in [2.75, 3.05) is 31.1 Å². The second-order valence-electron chi connectivity index (χ2n) is 5.49. The van der Waals surface area contributed by atoms with E-state index in [0.717, 1.165) is 32.0 Å². The maximum absolute atomic E-state index is 12.4. The van der Waals surface area contributed by atoms with Gasteiger partial charge >= 0.3 is 6.36 Å². The monoisotopic (exact) mass is 337 g/mol. The number of aromatic nitrogens is 3. The third-order valence-corrected chi connectivity index (χ3v) is 3.92. The third kappa shape index (κ3) is 2.71. The van der Waals surface area contributed by atoms with Crippen molar-refractivity contribution < 1.29 is 17.9 Å². The second-order valence-corrected chi connectivity index (χ2v) is 5.49. The summed E-state index contributed by atoms with van der Waals surface area (Å²) >= 11 is 0. The Morgan fingerprint density at radius 1 is 1.17 bits per heavy atom. The van der Waals surface area contributed by atoms with Crippen LogP contribution in [0.15, 0.2) is 30.6 Å². The summed E-state index contributed by atoms with van der Waals surface area (Å²) in [5.74, 6) is 0.459. The van der Waals surface area contributed by atoms with Gasteiger partial charge < -0.3 is 15.0 Å². The van der Waals surface area contributed by atoms with Crippen LogP contribution in [0.1, 0.15) is 0 Å². The third-order valence-electron chi connectivity index (χ3n) is 3.92. The van der Waals surface area contributed by atoms with Crippen LogP contribution < -0.4 is 15.0 Å². The van der Waals surface area contributed by atoms with Crippen molar-refractivity contribution in [3.8, 4) is 5.75 Å². The first-order valence-corrected chi connectivity index (χ1v) is 7.49. The maximum atomic E-state index is 12.4. The van der Waals surface area contributed by atoms with Crippen molar-refractivity contribution in [3.05, 3.63) is 30.6 Å². The Balaban J connectivity index is 1.85. The van der Waals surface area contributed by atoms with Gasteiger partial charge in [-0.3, -0.25) is 4.40 Å². The highest BCUT2D eigenvalue weighted by Gasteiger charge is 2.31. The van der Waals surface area contributed by atoms with Crippen LogP contribution in [0.5, 0.6) is 5.75 Å². The van der Waals surface area contributed by atoms with Gasteiger partial charge in [-0.2, -0.15) is 0 Å². The summed E-state index contributed by atoms with van der Waals surface area (Å²) in [5, 5.41) is 3.27. The van der Waals surface area contributed by atoms with Gasteiger partial charge in [-0.25, -0.2) is 9.97 Å². The zero-order valence-electron chi connectivity index (χ0n) is 12.5. The summed E-state index contributed by atoms with van der Waals surface area (Å²) in [7, 11) is 0. The van der Waals surface area contributed by atoms with Crippen molar-refractivity contribution in [3.63, 3.8) is 0 Å². The quantitative estimate of drug-likeness (QED) is 0.777. The van der Waals surface area contributed by atoms with Gasteiger partial charge in [-0.1, -0.05) is 0 Å². The number of nitrogens with zero attached hydrogens (tertiary/aromatic N) is 4. The number of piperazine rings is 1. The summed E-state index contributed by atoms with van der Waals surface area (Å²) in [6.07, 6.45) is -1.41. The molecule has 1 N–H and O–H groups in total. The van der Waals surface area contributed by atoms with Gasteiger partial charge in [0, 0.05) is 44.6 Å². The van der Waals surface area contributed by atoms with Gasteiger partial charge in [-0.15, -0.1) is 13.2 Å². The zero-order chi connectivity index (χ0) is 16.7. The highest BCUT2D eigenvalue weighted by Crippen LogP contribution is 2.29. The summed E-state index contributed by atoms with van der Waals surface area (Å²) in [6.45, 7) is 3.31. The molecule has 1 saturated heterocycles. The maximum Gasteiger partial charge on any atom is 0.573 e. The molecule has 0 unspecified atom stereocenters. The van der Waals surface area contributed by atoms with Gasteiger partial charge in [0.25, 0.3) is 0 Å². The molecule has 1 aromatic carbocycles. The van der Waals surface area contributed by atoms with Crippen LogP contribution in [-0.2, 0) is 0 Å². The van der Waals surface area contributed by atoms with E-state index in [1.165, 1.54) is 18.2 Å². The van der Waals surface area contributed by atoms with Crippen molar-refractivity contribution >= 4 is 22.5 Å². The van der Waals surface area contributed by atoms with E-state index < -0.39 is 6.36 Å². The Kier molecular flexibility index (Phi) is 3.45. The van der Waals surface area contributed by atoms with Crippen molar-refractivity contribution in [1.82, 2.24) is 19.7 Å². The van der Waals surface area contributed by atoms with Gasteiger partial charge in [0.05, 0.1) is 11.0 Å². The van der Waals surface area contributed by atoms with Gasteiger partial charge in [0.15, 0.2) is 11.5 Å². The molecule has 2 aromatic heterocycles. The molecule has 1 fully saturated rings. The molecule has 3 aromatic rings. The largest absolute Gasteiger partial charge is 0.573 e. The molecule has 24 heavy (non-hydrogen) atoms. The Labute approximate surface area is 134 Å². The van der Waals surface area contributed by atoms with E-state index in [-0.39, 0.29) is 5.75 Å². The molecule has 6 nitrogen and oxygen atoms in total. The van der Waals surface area contributed by atoms with Gasteiger partial charge in [-0.05, 0) is 12.1 Å².